The van der Waals surface area contributed by atoms with Gasteiger partial charge < -0.3 is 71.0 Å². The molecule has 0 aromatic rings. The molecule has 0 aromatic heterocycles. The van der Waals surface area contributed by atoms with Gasteiger partial charge in [0, 0.05) is 144 Å². The highest BCUT2D eigenvalue weighted by Crippen LogP contribution is 2.11. The van der Waals surface area contributed by atoms with Crippen molar-refractivity contribution in [3.8, 4) is 0 Å². The zero-order valence-electron chi connectivity index (χ0n) is 38.2. The summed E-state index contributed by atoms with van der Waals surface area (Å²) in [6, 6.07) is 0. The lowest BCUT2D eigenvalue weighted by Gasteiger charge is -2.36. The Morgan fingerprint density at radius 2 is 0.712 bits per heavy atom. The van der Waals surface area contributed by atoms with Crippen molar-refractivity contribution in [1.82, 2.24) is 44.1 Å². The van der Waals surface area contributed by atoms with E-state index in [2.05, 4.69) is 4.90 Å². The molecule has 11 N–H and O–H groups in total. The van der Waals surface area contributed by atoms with Gasteiger partial charge in [-0.1, -0.05) is 6.92 Å². The standard InChI is InChI=1S/C40H77N9O17/c1-2-41-3-5-44(24-34(55)56)11-7-42(8-12-45(6-4-41)25-35(57)58)19-30(51)21-49(23-32(53)39(65)40(66)33(54)29-50)22-31(52)20-43-9-13-46(26-36(59)60)15-17-48(28-38(63)64)18-16-47(14-10-43)27-37(61)62/h30-33,39-40,50-54,65-66H,2-29H2,1H3,(H,55,56)(H,57,58)(H,59,60)(H,61,62)(H,63,64)/p-1. The summed E-state index contributed by atoms with van der Waals surface area (Å²) in [5, 5.41) is 125. The Morgan fingerprint density at radius 1 is 0.439 bits per heavy atom. The van der Waals surface area contributed by atoms with Gasteiger partial charge >= 0.3 is 23.9 Å². The molecule has 26 nitrogen and oxygen atoms in total. The summed E-state index contributed by atoms with van der Waals surface area (Å²) in [6.07, 6.45) is -9.99. The molecular formula is C40H76N9O17-. The number of nitrogens with zero attached hydrogens (tertiary/aromatic N) is 9. The number of aliphatic hydroxyl groups is 7. The van der Waals surface area contributed by atoms with Gasteiger partial charge in [-0.25, -0.2) is 0 Å². The van der Waals surface area contributed by atoms with Crippen LogP contribution in [-0.2, 0) is 24.0 Å². The van der Waals surface area contributed by atoms with Gasteiger partial charge in [0.05, 0.1) is 57.1 Å². The summed E-state index contributed by atoms with van der Waals surface area (Å²) in [5.41, 5.74) is 0. The fourth-order valence-corrected chi connectivity index (χ4v) is 8.04. The zero-order chi connectivity index (χ0) is 49.3. The lowest BCUT2D eigenvalue weighted by atomic mass is 10.0. The van der Waals surface area contributed by atoms with E-state index in [4.69, 9.17) is 0 Å². The number of carbonyl (C=O) groups excluding carboxylic acids is 1. The van der Waals surface area contributed by atoms with Gasteiger partial charge in [-0.15, -0.1) is 0 Å². The van der Waals surface area contributed by atoms with Crippen molar-refractivity contribution < 1.29 is 85.3 Å². The van der Waals surface area contributed by atoms with E-state index in [0.29, 0.717) is 39.3 Å². The molecular weight excluding hydrogens is 878 g/mol. The van der Waals surface area contributed by atoms with Crippen LogP contribution in [0.2, 0.25) is 0 Å². The van der Waals surface area contributed by atoms with Crippen molar-refractivity contribution in [2.75, 3.05) is 183 Å². The third-order valence-electron chi connectivity index (χ3n) is 11.7. The predicted molar refractivity (Wildman–Crippen MR) is 232 cm³/mol. The van der Waals surface area contributed by atoms with Crippen LogP contribution in [0, 0.1) is 0 Å². The van der Waals surface area contributed by atoms with E-state index in [1.54, 1.807) is 29.4 Å². The number of rotatable bonds is 25. The predicted octanol–water partition coefficient (Wildman–Crippen LogP) is -9.00. The number of hydrogen-bond donors (Lipinski definition) is 11. The third kappa shape index (κ3) is 25.2. The van der Waals surface area contributed by atoms with E-state index in [-0.39, 0.29) is 131 Å². The Labute approximate surface area is 385 Å². The average Bonchev–Trinajstić information content (AvgIpc) is 3.22. The maximum Gasteiger partial charge on any atom is 0.317 e. The van der Waals surface area contributed by atoms with E-state index in [9.17, 15) is 85.3 Å². The molecule has 2 fully saturated rings. The molecule has 0 aromatic carbocycles. The molecule has 2 heterocycles. The first-order valence-electron chi connectivity index (χ1n) is 22.4. The number of carboxylic acid groups (broad SMARTS) is 5. The molecule has 0 saturated carbocycles. The van der Waals surface area contributed by atoms with Crippen LogP contribution < -0.4 is 5.11 Å². The van der Waals surface area contributed by atoms with Crippen LogP contribution in [-0.4, -0.2) is 350 Å². The molecule has 2 aliphatic heterocycles. The van der Waals surface area contributed by atoms with Gasteiger partial charge in [0.2, 0.25) is 0 Å². The van der Waals surface area contributed by atoms with Gasteiger partial charge in [0.1, 0.15) is 18.3 Å². The second-order valence-corrected chi connectivity index (χ2v) is 17.2. The molecule has 0 bridgehead atoms. The van der Waals surface area contributed by atoms with Crippen molar-refractivity contribution in [3.63, 3.8) is 0 Å². The second kappa shape index (κ2) is 31.7. The largest absolute Gasteiger partial charge is 0.549 e. The highest BCUT2D eigenvalue weighted by Gasteiger charge is 2.33. The Kier molecular flexibility index (Phi) is 28.3. The van der Waals surface area contributed by atoms with Crippen LogP contribution in [0.4, 0.5) is 0 Å². The minimum atomic E-state index is -1.97. The number of β-amino-alcohol motifs (C(OH)–C–C–N with tert-alkyl or cyclic N) is 2. The van der Waals surface area contributed by atoms with Crippen molar-refractivity contribution in [2.24, 2.45) is 0 Å². The number of aliphatic carboxylic acids is 5. The van der Waals surface area contributed by atoms with Crippen LogP contribution in [0.25, 0.3) is 0 Å². The highest BCUT2D eigenvalue weighted by molar-refractivity contribution is 5.70. The van der Waals surface area contributed by atoms with E-state index < -0.39 is 79.6 Å². The molecule has 0 spiro atoms. The van der Waals surface area contributed by atoms with Crippen molar-refractivity contribution in [2.45, 2.75) is 43.5 Å². The fourth-order valence-electron chi connectivity index (χ4n) is 8.04. The quantitative estimate of drug-likeness (QED) is 0.0405. The summed E-state index contributed by atoms with van der Waals surface area (Å²) < 4.78 is 0. The summed E-state index contributed by atoms with van der Waals surface area (Å²) in [4.78, 5) is 74.0. The van der Waals surface area contributed by atoms with Crippen LogP contribution in [0.1, 0.15) is 6.92 Å². The molecule has 0 aliphatic carbocycles. The first-order chi connectivity index (χ1) is 31.2. The summed E-state index contributed by atoms with van der Waals surface area (Å²) in [6.45, 7) is 3.45. The molecule has 2 saturated heterocycles. The molecule has 6 atom stereocenters. The number of likely N-dealkylation sites (N-methyl/N-ethyl adjacent to an activating group) is 1. The van der Waals surface area contributed by atoms with Crippen molar-refractivity contribution in [1.29, 1.82) is 0 Å². The third-order valence-corrected chi connectivity index (χ3v) is 11.7. The number of carbonyl (C=O) groups is 5. The second-order valence-electron chi connectivity index (χ2n) is 17.2. The maximum absolute atomic E-state index is 11.8. The lowest BCUT2D eigenvalue weighted by Crippen LogP contribution is -2.54. The fraction of sp³-hybridized carbons (Fsp3) is 0.875. The Hall–Kier alpha value is -3.29. The Morgan fingerprint density at radius 3 is 0.985 bits per heavy atom. The first kappa shape index (κ1) is 58.8. The van der Waals surface area contributed by atoms with E-state index in [0.717, 1.165) is 0 Å². The SMILES string of the molecule is CCN1CCN(CC(=O)[O-])CCN(CC(O)CN(CC(O)CN2CCN(CC(=O)O)CCN(CC(=O)O)CCN(CC(=O)O)CC2)CC(O)C(O)C(O)C(O)CO)CCN(CC(=O)O)CC1. The zero-order valence-corrected chi connectivity index (χ0v) is 38.2. The Balaban J connectivity index is 2.37. The van der Waals surface area contributed by atoms with Crippen LogP contribution in [0.5, 0.6) is 0 Å². The molecule has 2 rings (SSSR count). The highest BCUT2D eigenvalue weighted by atomic mass is 16.4. The molecule has 0 radical (unpaired) electrons. The molecule has 26 heteroatoms. The van der Waals surface area contributed by atoms with Gasteiger partial charge in [0.15, 0.2) is 0 Å². The molecule has 0 amide bonds. The monoisotopic (exact) mass is 955 g/mol. The maximum atomic E-state index is 11.8. The van der Waals surface area contributed by atoms with Crippen molar-refractivity contribution in [3.05, 3.63) is 0 Å². The van der Waals surface area contributed by atoms with Crippen molar-refractivity contribution >= 4 is 29.8 Å². The smallest absolute Gasteiger partial charge is 0.317 e. The summed E-state index contributed by atoms with van der Waals surface area (Å²) >= 11 is 0. The molecule has 6 unspecified atom stereocenters. The number of carboxylic acids is 5. The number of hydrogen-bond acceptors (Lipinski definition) is 22. The Bertz CT molecular complexity index is 1380. The lowest BCUT2D eigenvalue weighted by molar-refractivity contribution is -0.306. The van der Waals surface area contributed by atoms with E-state index in [1.807, 2.05) is 11.8 Å². The summed E-state index contributed by atoms with van der Waals surface area (Å²) in [5.74, 6) is -5.59. The van der Waals surface area contributed by atoms with Crippen LogP contribution in [0.15, 0.2) is 0 Å². The number of aliphatic hydroxyl groups excluding tert-OH is 7. The van der Waals surface area contributed by atoms with Gasteiger partial charge in [-0.2, -0.15) is 0 Å². The van der Waals surface area contributed by atoms with E-state index in [1.165, 1.54) is 4.90 Å². The average molecular weight is 955 g/mol. The normalized spacial score (nSPS) is 21.9. The van der Waals surface area contributed by atoms with E-state index >= 15 is 0 Å². The molecule has 66 heavy (non-hydrogen) atoms. The van der Waals surface area contributed by atoms with Gasteiger partial charge in [-0.3, -0.25) is 58.4 Å². The minimum Gasteiger partial charge on any atom is -0.549 e. The van der Waals surface area contributed by atoms with Crippen LogP contribution in [0.3, 0.4) is 0 Å². The summed E-state index contributed by atoms with van der Waals surface area (Å²) in [7, 11) is 0. The first-order valence-corrected chi connectivity index (χ1v) is 22.4. The topological polar surface area (TPSA) is 360 Å². The molecule has 2 aliphatic rings. The minimum absolute atomic E-state index is 0.0346. The van der Waals surface area contributed by atoms with Crippen LogP contribution >= 0.6 is 0 Å². The van der Waals surface area contributed by atoms with Gasteiger partial charge in [-0.05, 0) is 6.54 Å². The molecule has 384 valence electrons. The van der Waals surface area contributed by atoms with Gasteiger partial charge in [0.25, 0.3) is 0 Å².